The van der Waals surface area contributed by atoms with Crippen LogP contribution in [0.3, 0.4) is 0 Å². The van der Waals surface area contributed by atoms with Crippen molar-refractivity contribution >= 4 is 11.6 Å². The molecule has 118 valence electrons. The first-order valence-electron chi connectivity index (χ1n) is 7.75. The first-order valence-corrected chi connectivity index (χ1v) is 7.75. The molecule has 2 aliphatic rings. The van der Waals surface area contributed by atoms with E-state index in [-0.39, 0.29) is 12.0 Å². The number of aromatic nitrogens is 1. The number of nitrogens with zero attached hydrogens (tertiary/aromatic N) is 1. The van der Waals surface area contributed by atoms with E-state index in [1.165, 1.54) is 0 Å². The number of allylic oxidation sites excluding steroid dienone is 2. The maximum absolute atomic E-state index is 12.3. The fourth-order valence-corrected chi connectivity index (χ4v) is 2.43. The van der Waals surface area contributed by atoms with Crippen molar-refractivity contribution in [3.8, 4) is 0 Å². The molecule has 0 spiro atoms. The number of pyridine rings is 1. The Hall–Kier alpha value is -2.62. The summed E-state index contributed by atoms with van der Waals surface area (Å²) in [7, 11) is 0. The van der Waals surface area contributed by atoms with Crippen LogP contribution in [0.5, 0.6) is 0 Å². The lowest BCUT2D eigenvalue weighted by Crippen LogP contribution is -2.32. The number of piperidine rings is 1. The molecule has 1 amide bonds. The predicted molar refractivity (Wildman–Crippen MR) is 88.7 cm³/mol. The molecular weight excluding hydrogens is 290 g/mol. The molecule has 0 aromatic carbocycles. The second-order valence-corrected chi connectivity index (χ2v) is 5.39. The standard InChI is InChI=1S/C18H19N3O2/c22-18(21-15-6-10-19-11-7-15)14-2-1-3-16(5-4-14)23-17-8-12-20-13-9-17/h1-4,6-7,10-11,17,20H,8-9,12-13H2,(H,19,21,22). The average Bonchev–Trinajstić information content (AvgIpc) is 2.82. The van der Waals surface area contributed by atoms with Crippen molar-refractivity contribution in [1.82, 2.24) is 10.3 Å². The lowest BCUT2D eigenvalue weighted by molar-refractivity contribution is -0.112. The molecule has 2 N–H and O–H groups in total. The summed E-state index contributed by atoms with van der Waals surface area (Å²) in [6.45, 7) is 1.95. The summed E-state index contributed by atoms with van der Waals surface area (Å²) in [6.07, 6.45) is 12.5. The predicted octanol–water partition coefficient (Wildman–Crippen LogP) is 2.32. The molecule has 1 aliphatic carbocycles. The zero-order valence-electron chi connectivity index (χ0n) is 12.8. The van der Waals surface area contributed by atoms with E-state index < -0.39 is 0 Å². The van der Waals surface area contributed by atoms with Gasteiger partial charge in [-0.2, -0.15) is 0 Å². The van der Waals surface area contributed by atoms with Gasteiger partial charge in [0.2, 0.25) is 0 Å². The molecule has 0 saturated carbocycles. The normalized spacial score (nSPS) is 17.9. The van der Waals surface area contributed by atoms with E-state index >= 15 is 0 Å². The average molecular weight is 309 g/mol. The first kappa shape index (κ1) is 15.3. The number of nitrogens with one attached hydrogen (secondary N) is 2. The van der Waals surface area contributed by atoms with Crippen molar-refractivity contribution in [3.63, 3.8) is 0 Å². The Morgan fingerprint density at radius 3 is 2.87 bits per heavy atom. The number of anilines is 1. The summed E-state index contributed by atoms with van der Waals surface area (Å²) in [4.78, 5) is 16.2. The van der Waals surface area contributed by atoms with Crippen molar-refractivity contribution < 1.29 is 9.53 Å². The van der Waals surface area contributed by atoms with Gasteiger partial charge in [0.25, 0.3) is 5.91 Å². The number of carbonyl (C=O) groups excluding carboxylic acids is 1. The van der Waals surface area contributed by atoms with Gasteiger partial charge in [-0.15, -0.1) is 0 Å². The van der Waals surface area contributed by atoms with Gasteiger partial charge in [-0.3, -0.25) is 9.78 Å². The largest absolute Gasteiger partial charge is 0.483 e. The van der Waals surface area contributed by atoms with Gasteiger partial charge in [0.15, 0.2) is 5.76 Å². The van der Waals surface area contributed by atoms with Gasteiger partial charge in [-0.1, -0.05) is 11.8 Å². The lowest BCUT2D eigenvalue weighted by Gasteiger charge is -2.23. The molecule has 1 aliphatic heterocycles. The van der Waals surface area contributed by atoms with Gasteiger partial charge >= 0.3 is 0 Å². The zero-order valence-corrected chi connectivity index (χ0v) is 12.8. The Labute approximate surface area is 135 Å². The number of carbonyl (C=O) groups is 1. The van der Waals surface area contributed by atoms with E-state index in [1.807, 2.05) is 12.2 Å². The van der Waals surface area contributed by atoms with Crippen LogP contribution in [0.25, 0.3) is 0 Å². The second kappa shape index (κ2) is 7.58. The van der Waals surface area contributed by atoms with Crippen LogP contribution in [0.2, 0.25) is 0 Å². The molecule has 1 saturated heterocycles. The minimum Gasteiger partial charge on any atom is -0.483 e. The molecule has 5 heteroatoms. The van der Waals surface area contributed by atoms with Gasteiger partial charge in [0, 0.05) is 23.7 Å². The molecule has 0 unspecified atom stereocenters. The molecule has 2 heterocycles. The molecule has 0 radical (unpaired) electrons. The zero-order chi connectivity index (χ0) is 15.9. The van der Waals surface area contributed by atoms with Gasteiger partial charge < -0.3 is 15.4 Å². The van der Waals surface area contributed by atoms with Crippen LogP contribution < -0.4 is 10.6 Å². The molecular formula is C18H19N3O2. The summed E-state index contributed by atoms with van der Waals surface area (Å²) in [6, 6.07) is 3.49. The summed E-state index contributed by atoms with van der Waals surface area (Å²) in [5.41, 5.74) is 4.31. The van der Waals surface area contributed by atoms with E-state index in [4.69, 9.17) is 4.74 Å². The minimum atomic E-state index is -0.184. The second-order valence-electron chi connectivity index (χ2n) is 5.39. The van der Waals surface area contributed by atoms with Gasteiger partial charge in [-0.25, -0.2) is 0 Å². The van der Waals surface area contributed by atoms with Crippen molar-refractivity contribution in [1.29, 1.82) is 0 Å². The molecule has 0 atom stereocenters. The van der Waals surface area contributed by atoms with Crippen LogP contribution in [0, 0.1) is 0 Å². The van der Waals surface area contributed by atoms with Crippen LogP contribution in [-0.2, 0) is 9.53 Å². The molecule has 1 fully saturated rings. The van der Waals surface area contributed by atoms with E-state index in [2.05, 4.69) is 21.3 Å². The van der Waals surface area contributed by atoms with Crippen molar-refractivity contribution in [2.24, 2.45) is 0 Å². The number of rotatable bonds is 4. The molecule has 3 rings (SSSR count). The van der Waals surface area contributed by atoms with E-state index in [0.717, 1.165) is 25.9 Å². The molecule has 0 bridgehead atoms. The third-order valence-electron chi connectivity index (χ3n) is 3.67. The smallest absolute Gasteiger partial charge is 0.256 e. The Morgan fingerprint density at radius 2 is 2.09 bits per heavy atom. The van der Waals surface area contributed by atoms with Crippen LogP contribution in [0.15, 0.2) is 65.9 Å². The highest BCUT2D eigenvalue weighted by molar-refractivity contribution is 6.05. The summed E-state index contributed by atoms with van der Waals surface area (Å²) < 4.78 is 5.93. The Balaban J connectivity index is 1.65. The van der Waals surface area contributed by atoms with E-state index in [1.54, 1.807) is 36.7 Å². The van der Waals surface area contributed by atoms with Crippen LogP contribution in [0.1, 0.15) is 12.8 Å². The molecule has 1 aromatic heterocycles. The monoisotopic (exact) mass is 309 g/mol. The van der Waals surface area contributed by atoms with Gasteiger partial charge in [0.1, 0.15) is 6.10 Å². The SMILES string of the molecule is O=C(Nc1ccncc1)C1=CC=CC(OC2CCNCC2)=C=C1. The van der Waals surface area contributed by atoms with E-state index in [0.29, 0.717) is 17.0 Å². The fraction of sp³-hybridized carbons (Fsp3) is 0.278. The lowest BCUT2D eigenvalue weighted by atomic mass is 10.1. The number of ether oxygens (including phenoxy) is 1. The van der Waals surface area contributed by atoms with Crippen molar-refractivity contribution in [2.75, 3.05) is 18.4 Å². The highest BCUT2D eigenvalue weighted by atomic mass is 16.5. The number of hydrogen-bond acceptors (Lipinski definition) is 4. The topological polar surface area (TPSA) is 63.2 Å². The van der Waals surface area contributed by atoms with Gasteiger partial charge in [-0.05, 0) is 56.3 Å². The Bertz CT molecular complexity index is 679. The highest BCUT2D eigenvalue weighted by Crippen LogP contribution is 2.15. The summed E-state index contributed by atoms with van der Waals surface area (Å²) in [5, 5.41) is 6.13. The van der Waals surface area contributed by atoms with Crippen LogP contribution >= 0.6 is 0 Å². The quantitative estimate of drug-likeness (QED) is 0.838. The van der Waals surface area contributed by atoms with Gasteiger partial charge in [0.05, 0.1) is 0 Å². The summed E-state index contributed by atoms with van der Waals surface area (Å²) >= 11 is 0. The van der Waals surface area contributed by atoms with Crippen LogP contribution in [0.4, 0.5) is 5.69 Å². The van der Waals surface area contributed by atoms with Crippen LogP contribution in [-0.4, -0.2) is 30.1 Å². The number of hydrogen-bond donors (Lipinski definition) is 2. The maximum Gasteiger partial charge on any atom is 0.256 e. The minimum absolute atomic E-state index is 0.184. The van der Waals surface area contributed by atoms with Crippen molar-refractivity contribution in [2.45, 2.75) is 18.9 Å². The fourth-order valence-electron chi connectivity index (χ4n) is 2.43. The Morgan fingerprint density at radius 1 is 1.30 bits per heavy atom. The molecule has 1 aromatic rings. The molecule has 5 nitrogen and oxygen atoms in total. The van der Waals surface area contributed by atoms with E-state index in [9.17, 15) is 4.79 Å². The maximum atomic E-state index is 12.3. The molecule has 23 heavy (non-hydrogen) atoms. The number of amides is 1. The highest BCUT2D eigenvalue weighted by Gasteiger charge is 2.15. The Kier molecular flexibility index (Phi) is 5.04. The third kappa shape index (κ3) is 4.42. The first-order chi connectivity index (χ1) is 11.3. The van der Waals surface area contributed by atoms with Crippen molar-refractivity contribution in [3.05, 3.63) is 65.9 Å². The third-order valence-corrected chi connectivity index (χ3v) is 3.67. The summed E-state index contributed by atoms with van der Waals surface area (Å²) in [5.74, 6) is 0.483.